The van der Waals surface area contributed by atoms with Crippen molar-refractivity contribution in [1.82, 2.24) is 4.90 Å². The molecule has 1 fully saturated rings. The molecule has 23 heavy (non-hydrogen) atoms. The Hall–Kier alpha value is -2.18. The molecule has 6 nitrogen and oxygen atoms in total. The van der Waals surface area contributed by atoms with Gasteiger partial charge < -0.3 is 19.1 Å². The van der Waals surface area contributed by atoms with E-state index in [1.807, 2.05) is 0 Å². The normalized spacial score (nSPS) is 15.5. The van der Waals surface area contributed by atoms with Crippen molar-refractivity contribution in [2.45, 2.75) is 19.1 Å². The summed E-state index contributed by atoms with van der Waals surface area (Å²) in [6, 6.07) is 0. The van der Waals surface area contributed by atoms with Gasteiger partial charge in [-0.1, -0.05) is 25.3 Å². The van der Waals surface area contributed by atoms with E-state index in [0.29, 0.717) is 13.2 Å². The second-order valence-electron chi connectivity index (χ2n) is 5.13. The van der Waals surface area contributed by atoms with Crippen molar-refractivity contribution in [2.75, 3.05) is 26.3 Å². The van der Waals surface area contributed by atoms with Crippen LogP contribution < -0.4 is 0 Å². The summed E-state index contributed by atoms with van der Waals surface area (Å²) >= 11 is 0. The molecule has 0 aromatic heterocycles. The van der Waals surface area contributed by atoms with Gasteiger partial charge in [-0.05, 0) is 6.92 Å². The fourth-order valence-corrected chi connectivity index (χ4v) is 2.05. The number of amides is 1. The minimum atomic E-state index is -1.39. The summed E-state index contributed by atoms with van der Waals surface area (Å²) in [6.45, 7) is 16.8. The Morgan fingerprint density at radius 3 is 2.30 bits per heavy atom. The van der Waals surface area contributed by atoms with Crippen LogP contribution in [0, 0.1) is 0 Å². The van der Waals surface area contributed by atoms with Crippen LogP contribution in [-0.2, 0) is 23.8 Å². The molecule has 6 heteroatoms. The number of ether oxygens (including phenoxy) is 3. The van der Waals surface area contributed by atoms with E-state index >= 15 is 0 Å². The van der Waals surface area contributed by atoms with E-state index in [0.717, 1.165) is 0 Å². The topological polar surface area (TPSA) is 65.1 Å². The van der Waals surface area contributed by atoms with Gasteiger partial charge in [-0.3, -0.25) is 4.79 Å². The predicted molar refractivity (Wildman–Crippen MR) is 86.3 cm³/mol. The summed E-state index contributed by atoms with van der Waals surface area (Å²) in [5.74, 6) is -2.24. The molecular formula is C17H23NO5. The van der Waals surface area contributed by atoms with E-state index in [1.54, 1.807) is 12.2 Å². The van der Waals surface area contributed by atoms with Crippen molar-refractivity contribution in [2.24, 2.45) is 0 Å². The molecule has 126 valence electrons. The number of nitrogens with zero attached hydrogens (tertiary/aromatic N) is 1. The summed E-state index contributed by atoms with van der Waals surface area (Å²) in [5, 5.41) is 0. The van der Waals surface area contributed by atoms with E-state index in [4.69, 9.17) is 14.2 Å². The van der Waals surface area contributed by atoms with Crippen molar-refractivity contribution < 1.29 is 23.8 Å². The minimum absolute atomic E-state index is 0.00941. The fraction of sp³-hybridized carbons (Fsp3) is 0.412. The number of hydrogen-bond donors (Lipinski definition) is 0. The predicted octanol–water partition coefficient (Wildman–Crippen LogP) is 1.95. The lowest BCUT2D eigenvalue weighted by Gasteiger charge is -2.31. The van der Waals surface area contributed by atoms with E-state index in [1.165, 1.54) is 11.8 Å². The Morgan fingerprint density at radius 2 is 1.83 bits per heavy atom. The maximum atomic E-state index is 12.8. The van der Waals surface area contributed by atoms with E-state index in [-0.39, 0.29) is 36.7 Å². The zero-order valence-corrected chi connectivity index (χ0v) is 13.5. The first-order valence-electron chi connectivity index (χ1n) is 7.21. The highest BCUT2D eigenvalue weighted by Crippen LogP contribution is 2.27. The standard InChI is InChI=1S/C17H23NO5/c1-6-8-17(21-10-11-22-17)16(20)18(9-7-2)12-14(5)23-15(19)13(3)4/h6-7H,1-3,5,8-12H2,4H3. The molecule has 0 aromatic carbocycles. The third-order valence-corrected chi connectivity index (χ3v) is 3.08. The molecule has 0 atom stereocenters. The van der Waals surface area contributed by atoms with E-state index in [2.05, 4.69) is 26.3 Å². The molecule has 0 spiro atoms. The van der Waals surface area contributed by atoms with Crippen LogP contribution in [-0.4, -0.2) is 48.9 Å². The van der Waals surface area contributed by atoms with Gasteiger partial charge in [0.1, 0.15) is 5.76 Å². The van der Waals surface area contributed by atoms with Gasteiger partial charge in [0.15, 0.2) is 0 Å². The molecule has 1 saturated heterocycles. The minimum Gasteiger partial charge on any atom is -0.426 e. The van der Waals surface area contributed by atoms with Gasteiger partial charge in [0.25, 0.3) is 11.7 Å². The molecule has 1 heterocycles. The average molecular weight is 321 g/mol. The molecule has 0 aromatic rings. The molecule has 1 amide bonds. The van der Waals surface area contributed by atoms with Gasteiger partial charge in [-0.25, -0.2) is 4.79 Å². The number of hydrogen-bond acceptors (Lipinski definition) is 5. The summed E-state index contributed by atoms with van der Waals surface area (Å²) in [4.78, 5) is 25.7. The van der Waals surface area contributed by atoms with Crippen molar-refractivity contribution >= 4 is 11.9 Å². The summed E-state index contributed by atoms with van der Waals surface area (Å²) in [7, 11) is 0. The molecule has 1 aliphatic heterocycles. The monoisotopic (exact) mass is 321 g/mol. The molecule has 1 aliphatic rings. The Labute approximate surface area is 136 Å². The highest BCUT2D eigenvalue weighted by Gasteiger charge is 2.45. The molecule has 0 saturated carbocycles. The third-order valence-electron chi connectivity index (χ3n) is 3.08. The maximum absolute atomic E-state index is 12.8. The van der Waals surface area contributed by atoms with Crippen molar-refractivity contribution in [3.63, 3.8) is 0 Å². The van der Waals surface area contributed by atoms with Gasteiger partial charge >= 0.3 is 5.97 Å². The molecule has 0 aliphatic carbocycles. The zero-order valence-electron chi connectivity index (χ0n) is 13.5. The van der Waals surface area contributed by atoms with Gasteiger partial charge in [-0.2, -0.15) is 0 Å². The van der Waals surface area contributed by atoms with Gasteiger partial charge in [0, 0.05) is 18.5 Å². The van der Waals surface area contributed by atoms with Crippen molar-refractivity contribution in [3.8, 4) is 0 Å². The fourth-order valence-electron chi connectivity index (χ4n) is 2.05. The van der Waals surface area contributed by atoms with Crippen molar-refractivity contribution in [3.05, 3.63) is 49.8 Å². The summed E-state index contributed by atoms with van der Waals surface area (Å²) in [5.41, 5.74) is 0.248. The maximum Gasteiger partial charge on any atom is 0.338 e. The van der Waals surface area contributed by atoms with Crippen molar-refractivity contribution in [1.29, 1.82) is 0 Å². The lowest BCUT2D eigenvalue weighted by atomic mass is 10.1. The summed E-state index contributed by atoms with van der Waals surface area (Å²) in [6.07, 6.45) is 3.34. The second kappa shape index (κ2) is 8.45. The number of rotatable bonds is 9. The molecule has 0 N–H and O–H groups in total. The van der Waals surface area contributed by atoms with Gasteiger partial charge in [0.2, 0.25) is 0 Å². The lowest BCUT2D eigenvalue weighted by Crippen LogP contribution is -2.50. The lowest BCUT2D eigenvalue weighted by molar-refractivity contribution is -0.192. The largest absolute Gasteiger partial charge is 0.426 e. The van der Waals surface area contributed by atoms with Crippen LogP contribution in [0.2, 0.25) is 0 Å². The molecule has 0 unspecified atom stereocenters. The number of esters is 1. The Morgan fingerprint density at radius 1 is 1.22 bits per heavy atom. The van der Waals surface area contributed by atoms with Crippen LogP contribution in [0.1, 0.15) is 13.3 Å². The third kappa shape index (κ3) is 4.91. The van der Waals surface area contributed by atoms with Gasteiger partial charge in [-0.15, -0.1) is 13.2 Å². The molecule has 1 rings (SSSR count). The van der Waals surface area contributed by atoms with Crippen LogP contribution in [0.4, 0.5) is 0 Å². The first-order chi connectivity index (χ1) is 10.9. The van der Waals surface area contributed by atoms with Crippen LogP contribution in [0.25, 0.3) is 0 Å². The first kappa shape index (κ1) is 18.9. The number of carbonyl (C=O) groups is 2. The number of carbonyl (C=O) groups excluding carboxylic acids is 2. The smallest absolute Gasteiger partial charge is 0.338 e. The Balaban J connectivity index is 2.83. The van der Waals surface area contributed by atoms with Crippen LogP contribution in [0.5, 0.6) is 0 Å². The second-order valence-corrected chi connectivity index (χ2v) is 5.13. The van der Waals surface area contributed by atoms with Crippen LogP contribution >= 0.6 is 0 Å². The molecular weight excluding hydrogens is 298 g/mol. The zero-order chi connectivity index (χ0) is 17.5. The summed E-state index contributed by atoms with van der Waals surface area (Å²) < 4.78 is 16.0. The molecule has 0 bridgehead atoms. The highest BCUT2D eigenvalue weighted by molar-refractivity contribution is 5.88. The molecule has 0 radical (unpaired) electrons. The Kier molecular flexibility index (Phi) is 6.93. The first-order valence-corrected chi connectivity index (χ1v) is 7.21. The SMILES string of the molecule is C=CCN(CC(=C)OC(=O)C(=C)C)C(=O)C1(CC=C)OCCO1. The van der Waals surface area contributed by atoms with E-state index in [9.17, 15) is 9.59 Å². The average Bonchev–Trinajstić information content (AvgIpc) is 2.96. The van der Waals surface area contributed by atoms with Gasteiger partial charge in [0.05, 0.1) is 19.8 Å². The van der Waals surface area contributed by atoms with Crippen LogP contribution in [0.3, 0.4) is 0 Å². The Bertz CT molecular complexity index is 517. The van der Waals surface area contributed by atoms with Crippen LogP contribution in [0.15, 0.2) is 49.8 Å². The quantitative estimate of drug-likeness (QED) is 0.281. The highest BCUT2D eigenvalue weighted by atomic mass is 16.7. The van der Waals surface area contributed by atoms with E-state index < -0.39 is 11.8 Å².